The molecule has 0 aliphatic carbocycles. The Bertz CT molecular complexity index is 205. The van der Waals surface area contributed by atoms with Crippen molar-refractivity contribution < 1.29 is 9.53 Å². The van der Waals surface area contributed by atoms with Crippen LogP contribution in [0.4, 0.5) is 0 Å². The zero-order valence-corrected chi connectivity index (χ0v) is 8.87. The van der Waals surface area contributed by atoms with E-state index in [2.05, 4.69) is 0 Å². The Balaban J connectivity index is 1.87. The fraction of sp³-hybridized carbons (Fsp3) is 0.909. The van der Waals surface area contributed by atoms with E-state index in [0.717, 1.165) is 38.8 Å². The van der Waals surface area contributed by atoms with Crippen LogP contribution in [-0.2, 0) is 9.53 Å². The molecule has 2 fully saturated rings. The highest BCUT2D eigenvalue weighted by Crippen LogP contribution is 2.22. The van der Waals surface area contributed by atoms with Crippen LogP contribution in [0, 0.1) is 0 Å². The summed E-state index contributed by atoms with van der Waals surface area (Å²) in [6, 6.07) is 0. The molecule has 3 heteroatoms. The first-order chi connectivity index (χ1) is 6.77. The van der Waals surface area contributed by atoms with E-state index in [4.69, 9.17) is 4.74 Å². The second kappa shape index (κ2) is 4.30. The highest BCUT2D eigenvalue weighted by Gasteiger charge is 2.31. The maximum Gasteiger partial charge on any atom is 0.251 e. The van der Waals surface area contributed by atoms with E-state index in [1.165, 1.54) is 6.42 Å². The largest absolute Gasteiger partial charge is 0.365 e. The molecule has 2 heterocycles. The summed E-state index contributed by atoms with van der Waals surface area (Å²) >= 11 is 0. The van der Waals surface area contributed by atoms with E-state index in [0.29, 0.717) is 0 Å². The van der Waals surface area contributed by atoms with Crippen LogP contribution in [-0.4, -0.2) is 36.1 Å². The van der Waals surface area contributed by atoms with Crippen molar-refractivity contribution in [2.45, 2.75) is 51.2 Å². The van der Waals surface area contributed by atoms with Crippen molar-refractivity contribution in [3.8, 4) is 0 Å². The number of piperidine rings is 1. The molecule has 2 aliphatic rings. The molecular formula is C11H19NO2. The van der Waals surface area contributed by atoms with E-state index >= 15 is 0 Å². The van der Waals surface area contributed by atoms with E-state index in [-0.39, 0.29) is 18.1 Å². The molecule has 2 atom stereocenters. The van der Waals surface area contributed by atoms with Crippen LogP contribution in [0.25, 0.3) is 0 Å². The SMILES string of the molecule is CC1CCC(C(=O)N2CCCCC2)O1. The summed E-state index contributed by atoms with van der Waals surface area (Å²) in [6.07, 6.45) is 5.67. The molecule has 0 spiro atoms. The minimum absolute atomic E-state index is 0.136. The number of amides is 1. The van der Waals surface area contributed by atoms with E-state index in [1.807, 2.05) is 11.8 Å². The van der Waals surface area contributed by atoms with Crippen molar-refractivity contribution in [2.75, 3.05) is 13.1 Å². The lowest BCUT2D eigenvalue weighted by Crippen LogP contribution is -2.42. The number of carbonyl (C=O) groups is 1. The predicted octanol–water partition coefficient (Wildman–Crippen LogP) is 1.57. The van der Waals surface area contributed by atoms with Gasteiger partial charge in [-0.05, 0) is 39.0 Å². The first-order valence-corrected chi connectivity index (χ1v) is 5.71. The zero-order valence-electron chi connectivity index (χ0n) is 8.87. The topological polar surface area (TPSA) is 29.5 Å². The minimum Gasteiger partial charge on any atom is -0.365 e. The average Bonchev–Trinajstić information content (AvgIpc) is 2.65. The van der Waals surface area contributed by atoms with Crippen molar-refractivity contribution in [1.82, 2.24) is 4.90 Å². The number of hydrogen-bond donors (Lipinski definition) is 0. The molecule has 3 nitrogen and oxygen atoms in total. The first-order valence-electron chi connectivity index (χ1n) is 5.71. The molecule has 0 aromatic heterocycles. The molecule has 80 valence electrons. The molecule has 2 unspecified atom stereocenters. The second-order valence-electron chi connectivity index (χ2n) is 4.40. The summed E-state index contributed by atoms with van der Waals surface area (Å²) in [7, 11) is 0. The summed E-state index contributed by atoms with van der Waals surface area (Å²) in [4.78, 5) is 13.9. The van der Waals surface area contributed by atoms with E-state index < -0.39 is 0 Å². The normalized spacial score (nSPS) is 33.4. The first kappa shape index (κ1) is 9.97. The predicted molar refractivity (Wildman–Crippen MR) is 54.0 cm³/mol. The number of rotatable bonds is 1. The van der Waals surface area contributed by atoms with Gasteiger partial charge < -0.3 is 9.64 Å². The Morgan fingerprint density at radius 2 is 1.93 bits per heavy atom. The fourth-order valence-corrected chi connectivity index (χ4v) is 2.30. The van der Waals surface area contributed by atoms with Gasteiger partial charge in [0.25, 0.3) is 5.91 Å². The van der Waals surface area contributed by atoms with Gasteiger partial charge in [-0.3, -0.25) is 4.79 Å². The van der Waals surface area contributed by atoms with Crippen LogP contribution in [0.2, 0.25) is 0 Å². The van der Waals surface area contributed by atoms with Crippen molar-refractivity contribution >= 4 is 5.91 Å². The lowest BCUT2D eigenvalue weighted by molar-refractivity contribution is -0.143. The highest BCUT2D eigenvalue weighted by atomic mass is 16.5. The smallest absolute Gasteiger partial charge is 0.251 e. The summed E-state index contributed by atoms with van der Waals surface area (Å²) in [6.45, 7) is 3.92. The van der Waals surface area contributed by atoms with Gasteiger partial charge in [0.1, 0.15) is 6.10 Å². The summed E-state index contributed by atoms with van der Waals surface area (Å²) in [5.41, 5.74) is 0. The molecule has 0 aromatic rings. The van der Waals surface area contributed by atoms with Crippen molar-refractivity contribution in [3.05, 3.63) is 0 Å². The maximum atomic E-state index is 11.9. The summed E-state index contributed by atoms with van der Waals surface area (Å²) < 4.78 is 5.59. The van der Waals surface area contributed by atoms with Crippen LogP contribution in [0.1, 0.15) is 39.0 Å². The van der Waals surface area contributed by atoms with Crippen molar-refractivity contribution in [1.29, 1.82) is 0 Å². The molecular weight excluding hydrogens is 178 g/mol. The van der Waals surface area contributed by atoms with Gasteiger partial charge in [0.05, 0.1) is 6.10 Å². The Morgan fingerprint density at radius 3 is 2.50 bits per heavy atom. The Kier molecular flexibility index (Phi) is 3.06. The molecule has 1 amide bonds. The number of nitrogens with zero attached hydrogens (tertiary/aromatic N) is 1. The summed E-state index contributed by atoms with van der Waals surface area (Å²) in [5, 5.41) is 0. The molecule has 0 bridgehead atoms. The highest BCUT2D eigenvalue weighted by molar-refractivity contribution is 5.81. The monoisotopic (exact) mass is 197 g/mol. The van der Waals surface area contributed by atoms with Gasteiger partial charge in [0.15, 0.2) is 0 Å². The fourth-order valence-electron chi connectivity index (χ4n) is 2.30. The number of carbonyl (C=O) groups excluding carboxylic acids is 1. The van der Waals surface area contributed by atoms with Gasteiger partial charge in [0.2, 0.25) is 0 Å². The Labute approximate surface area is 85.4 Å². The Hall–Kier alpha value is -0.570. The molecule has 0 aromatic carbocycles. The molecule has 2 aliphatic heterocycles. The number of likely N-dealkylation sites (tertiary alicyclic amines) is 1. The van der Waals surface area contributed by atoms with Gasteiger partial charge in [-0.2, -0.15) is 0 Å². The lowest BCUT2D eigenvalue weighted by Gasteiger charge is -2.28. The van der Waals surface area contributed by atoms with Gasteiger partial charge in [-0.15, -0.1) is 0 Å². The zero-order chi connectivity index (χ0) is 9.97. The molecule has 0 radical (unpaired) electrons. The molecule has 0 N–H and O–H groups in total. The van der Waals surface area contributed by atoms with Crippen molar-refractivity contribution in [2.24, 2.45) is 0 Å². The maximum absolute atomic E-state index is 11.9. The summed E-state index contributed by atoms with van der Waals surface area (Å²) in [5.74, 6) is 0.231. The van der Waals surface area contributed by atoms with E-state index in [9.17, 15) is 4.79 Å². The van der Waals surface area contributed by atoms with Crippen molar-refractivity contribution in [3.63, 3.8) is 0 Å². The quantitative estimate of drug-likeness (QED) is 0.638. The molecule has 2 rings (SSSR count). The standard InChI is InChI=1S/C11H19NO2/c1-9-5-6-10(14-9)11(13)12-7-3-2-4-8-12/h9-10H,2-8H2,1H3. The molecule has 0 saturated carbocycles. The van der Waals surface area contributed by atoms with Gasteiger partial charge in [-0.25, -0.2) is 0 Å². The van der Waals surface area contributed by atoms with Gasteiger partial charge >= 0.3 is 0 Å². The van der Waals surface area contributed by atoms with Gasteiger partial charge in [0, 0.05) is 13.1 Å². The van der Waals surface area contributed by atoms with Crippen LogP contribution in [0.3, 0.4) is 0 Å². The van der Waals surface area contributed by atoms with Crippen LogP contribution < -0.4 is 0 Å². The Morgan fingerprint density at radius 1 is 1.21 bits per heavy atom. The van der Waals surface area contributed by atoms with Crippen LogP contribution >= 0.6 is 0 Å². The number of hydrogen-bond acceptors (Lipinski definition) is 2. The third-order valence-electron chi connectivity index (χ3n) is 3.18. The third kappa shape index (κ3) is 2.08. The third-order valence-corrected chi connectivity index (χ3v) is 3.18. The van der Waals surface area contributed by atoms with Gasteiger partial charge in [-0.1, -0.05) is 0 Å². The van der Waals surface area contributed by atoms with E-state index in [1.54, 1.807) is 0 Å². The molecule has 2 saturated heterocycles. The number of ether oxygens (including phenoxy) is 1. The van der Waals surface area contributed by atoms with Crippen LogP contribution in [0.5, 0.6) is 0 Å². The lowest BCUT2D eigenvalue weighted by atomic mass is 10.1. The second-order valence-corrected chi connectivity index (χ2v) is 4.40. The average molecular weight is 197 g/mol. The van der Waals surface area contributed by atoms with Crippen LogP contribution in [0.15, 0.2) is 0 Å². The molecule has 14 heavy (non-hydrogen) atoms. The minimum atomic E-state index is -0.136.